The van der Waals surface area contributed by atoms with Crippen LogP contribution in [-0.2, 0) is 6.42 Å². The fourth-order valence-corrected chi connectivity index (χ4v) is 4.35. The molecule has 0 fully saturated rings. The Labute approximate surface area is 205 Å². The van der Waals surface area contributed by atoms with Crippen molar-refractivity contribution in [3.05, 3.63) is 99.7 Å². The number of nitro groups is 1. The first kappa shape index (κ1) is 23.2. The third kappa shape index (κ3) is 4.52. The van der Waals surface area contributed by atoms with Gasteiger partial charge in [0.15, 0.2) is 0 Å². The zero-order chi connectivity index (χ0) is 25.2. The number of non-ortho nitro benzene ring substituents is 1. The van der Waals surface area contributed by atoms with Gasteiger partial charge in [0, 0.05) is 41.2 Å². The van der Waals surface area contributed by atoms with Gasteiger partial charge in [-0.25, -0.2) is 4.39 Å². The predicted octanol–water partition coefficient (Wildman–Crippen LogP) is 5.55. The molecule has 1 aliphatic heterocycles. The predicted molar refractivity (Wildman–Crippen MR) is 131 cm³/mol. The van der Waals surface area contributed by atoms with Crippen molar-refractivity contribution in [1.82, 2.24) is 10.2 Å². The molecule has 0 saturated carbocycles. The first-order chi connectivity index (χ1) is 17.4. The molecule has 1 aromatic heterocycles. The number of aromatic nitrogens is 2. The molecule has 182 valence electrons. The van der Waals surface area contributed by atoms with E-state index in [2.05, 4.69) is 20.4 Å². The molecule has 10 heteroatoms. The summed E-state index contributed by atoms with van der Waals surface area (Å²) in [6, 6.07) is 16.8. The number of anilines is 2. The largest absolute Gasteiger partial charge is 0.418 e. The second-order valence-corrected chi connectivity index (χ2v) is 8.49. The van der Waals surface area contributed by atoms with E-state index >= 15 is 0 Å². The summed E-state index contributed by atoms with van der Waals surface area (Å²) in [5, 5.41) is 22.2. The quantitative estimate of drug-likeness (QED) is 0.280. The highest BCUT2D eigenvalue weighted by atomic mass is 19.1. The SMILES string of the molecule is CC(c1nnc(-c2ccc([N+](=O)[O-])cc2)o1)N1CCCc2c(NC(=O)c3ccc(F)cc3)cccc21. The van der Waals surface area contributed by atoms with Gasteiger partial charge in [-0.05, 0) is 73.9 Å². The number of fused-ring (bicyclic) bond motifs is 1. The lowest BCUT2D eigenvalue weighted by Gasteiger charge is -2.35. The summed E-state index contributed by atoms with van der Waals surface area (Å²) >= 11 is 0. The molecule has 9 nitrogen and oxygen atoms in total. The number of halogens is 1. The van der Waals surface area contributed by atoms with Crippen LogP contribution in [0.1, 0.15) is 41.2 Å². The molecule has 5 rings (SSSR count). The zero-order valence-corrected chi connectivity index (χ0v) is 19.3. The van der Waals surface area contributed by atoms with Crippen LogP contribution in [0, 0.1) is 15.9 Å². The summed E-state index contributed by atoms with van der Waals surface area (Å²) in [7, 11) is 0. The van der Waals surface area contributed by atoms with E-state index < -0.39 is 10.7 Å². The Kier molecular flexibility index (Phi) is 6.16. The zero-order valence-electron chi connectivity index (χ0n) is 19.3. The number of nitrogens with zero attached hydrogens (tertiary/aromatic N) is 4. The molecule has 1 amide bonds. The van der Waals surface area contributed by atoms with Gasteiger partial charge in [0.25, 0.3) is 11.6 Å². The molecule has 1 aliphatic rings. The lowest BCUT2D eigenvalue weighted by molar-refractivity contribution is -0.384. The van der Waals surface area contributed by atoms with Crippen molar-refractivity contribution in [2.75, 3.05) is 16.8 Å². The number of nitrogens with one attached hydrogen (secondary N) is 1. The minimum Gasteiger partial charge on any atom is -0.418 e. The van der Waals surface area contributed by atoms with Gasteiger partial charge >= 0.3 is 0 Å². The molecule has 1 atom stereocenters. The van der Waals surface area contributed by atoms with Crippen molar-refractivity contribution in [3.63, 3.8) is 0 Å². The molecular formula is C26H22FN5O4. The molecule has 0 bridgehead atoms. The Hall–Kier alpha value is -4.60. The van der Waals surface area contributed by atoms with Crippen LogP contribution in [0.2, 0.25) is 0 Å². The van der Waals surface area contributed by atoms with Crippen molar-refractivity contribution < 1.29 is 18.5 Å². The summed E-state index contributed by atoms with van der Waals surface area (Å²) in [4.78, 5) is 25.3. The maximum atomic E-state index is 13.2. The average molecular weight is 487 g/mol. The van der Waals surface area contributed by atoms with Crippen LogP contribution in [0.5, 0.6) is 0 Å². The molecule has 1 N–H and O–H groups in total. The van der Waals surface area contributed by atoms with Gasteiger partial charge in [0.05, 0.1) is 4.92 Å². The van der Waals surface area contributed by atoms with Crippen molar-refractivity contribution in [2.24, 2.45) is 0 Å². The molecule has 1 unspecified atom stereocenters. The van der Waals surface area contributed by atoms with Crippen LogP contribution >= 0.6 is 0 Å². The molecule has 2 heterocycles. The molecular weight excluding hydrogens is 465 g/mol. The molecule has 4 aromatic rings. The third-order valence-electron chi connectivity index (χ3n) is 6.23. The van der Waals surface area contributed by atoms with Crippen LogP contribution in [-0.4, -0.2) is 27.6 Å². The summed E-state index contributed by atoms with van der Waals surface area (Å²) in [5.41, 5.74) is 3.62. The summed E-state index contributed by atoms with van der Waals surface area (Å²) in [5.74, 6) is -0.00881. The van der Waals surface area contributed by atoms with E-state index in [-0.39, 0.29) is 23.5 Å². The van der Waals surface area contributed by atoms with Crippen molar-refractivity contribution in [2.45, 2.75) is 25.8 Å². The molecule has 0 saturated heterocycles. The fourth-order valence-electron chi connectivity index (χ4n) is 4.35. The van der Waals surface area contributed by atoms with E-state index in [1.54, 1.807) is 12.1 Å². The normalized spacial score (nSPS) is 13.7. The minimum atomic E-state index is -0.463. The number of hydrogen-bond donors (Lipinski definition) is 1. The van der Waals surface area contributed by atoms with E-state index in [0.29, 0.717) is 22.7 Å². The highest BCUT2D eigenvalue weighted by Gasteiger charge is 2.28. The lowest BCUT2D eigenvalue weighted by Crippen LogP contribution is -2.32. The molecule has 36 heavy (non-hydrogen) atoms. The lowest BCUT2D eigenvalue weighted by atomic mass is 9.98. The maximum Gasteiger partial charge on any atom is 0.269 e. The Morgan fingerprint density at radius 3 is 2.58 bits per heavy atom. The van der Waals surface area contributed by atoms with Crippen LogP contribution in [0.15, 0.2) is 71.1 Å². The third-order valence-corrected chi connectivity index (χ3v) is 6.23. The van der Waals surface area contributed by atoms with Gasteiger partial charge in [-0.15, -0.1) is 10.2 Å². The van der Waals surface area contributed by atoms with Gasteiger partial charge in [-0.3, -0.25) is 14.9 Å². The van der Waals surface area contributed by atoms with Crippen molar-refractivity contribution in [3.8, 4) is 11.5 Å². The summed E-state index contributed by atoms with van der Waals surface area (Å²) < 4.78 is 19.2. The average Bonchev–Trinajstić information content (AvgIpc) is 3.39. The number of nitro benzene ring substituents is 1. The van der Waals surface area contributed by atoms with Crippen LogP contribution in [0.25, 0.3) is 11.5 Å². The van der Waals surface area contributed by atoms with E-state index in [0.717, 1.165) is 30.6 Å². The molecule has 3 aromatic carbocycles. The summed E-state index contributed by atoms with van der Waals surface area (Å²) in [6.45, 7) is 2.73. The number of carbonyl (C=O) groups is 1. The van der Waals surface area contributed by atoms with E-state index in [1.807, 2.05) is 25.1 Å². The first-order valence-corrected chi connectivity index (χ1v) is 11.4. The second kappa shape index (κ2) is 9.57. The first-order valence-electron chi connectivity index (χ1n) is 11.4. The molecule has 0 aliphatic carbocycles. The van der Waals surface area contributed by atoms with Crippen LogP contribution in [0.3, 0.4) is 0 Å². The van der Waals surface area contributed by atoms with Crippen molar-refractivity contribution in [1.29, 1.82) is 0 Å². The number of benzene rings is 3. The number of amides is 1. The van der Waals surface area contributed by atoms with E-state index in [1.165, 1.54) is 36.4 Å². The van der Waals surface area contributed by atoms with Gasteiger partial charge in [-0.1, -0.05) is 6.07 Å². The van der Waals surface area contributed by atoms with E-state index in [4.69, 9.17) is 4.42 Å². The maximum absolute atomic E-state index is 13.2. The molecule has 0 radical (unpaired) electrons. The smallest absolute Gasteiger partial charge is 0.269 e. The topological polar surface area (TPSA) is 114 Å². The Balaban J connectivity index is 1.37. The van der Waals surface area contributed by atoms with Crippen LogP contribution < -0.4 is 10.2 Å². The van der Waals surface area contributed by atoms with Gasteiger partial charge in [0.1, 0.15) is 11.9 Å². The fraction of sp³-hybridized carbons (Fsp3) is 0.192. The number of hydrogen-bond acceptors (Lipinski definition) is 7. The van der Waals surface area contributed by atoms with Crippen molar-refractivity contribution >= 4 is 23.0 Å². The Morgan fingerprint density at radius 1 is 1.11 bits per heavy atom. The monoisotopic (exact) mass is 487 g/mol. The Bertz CT molecular complexity index is 1420. The highest BCUT2D eigenvalue weighted by molar-refractivity contribution is 6.05. The Morgan fingerprint density at radius 2 is 1.86 bits per heavy atom. The number of rotatable bonds is 6. The van der Waals surface area contributed by atoms with Gasteiger partial charge in [-0.2, -0.15) is 0 Å². The summed E-state index contributed by atoms with van der Waals surface area (Å²) in [6.07, 6.45) is 1.65. The molecule has 0 spiro atoms. The standard InChI is InChI=1S/C26H22FN5O4/c1-16(25-29-30-26(36-25)18-9-13-20(14-10-18)32(34)35)31-15-3-4-21-22(5-2-6-23(21)31)28-24(33)17-7-11-19(27)12-8-17/h2,5-14,16H,3-4,15H2,1H3,(H,28,33). The number of carbonyl (C=O) groups excluding carboxylic acids is 1. The minimum absolute atomic E-state index is 0.0147. The van der Waals surface area contributed by atoms with E-state index in [9.17, 15) is 19.3 Å². The second-order valence-electron chi connectivity index (χ2n) is 8.49. The van der Waals surface area contributed by atoms with Gasteiger partial charge in [0.2, 0.25) is 11.8 Å². The van der Waals surface area contributed by atoms with Crippen LogP contribution in [0.4, 0.5) is 21.5 Å². The highest BCUT2D eigenvalue weighted by Crippen LogP contribution is 2.38. The van der Waals surface area contributed by atoms with Gasteiger partial charge < -0.3 is 14.6 Å².